The Morgan fingerprint density at radius 1 is 1.41 bits per heavy atom. The highest BCUT2D eigenvalue weighted by Gasteiger charge is 2.13. The second kappa shape index (κ2) is 7.60. The number of anilines is 1. The van der Waals surface area contributed by atoms with E-state index >= 15 is 0 Å². The topological polar surface area (TPSA) is 86.1 Å². The molecule has 22 heavy (non-hydrogen) atoms. The van der Waals surface area contributed by atoms with Gasteiger partial charge in [-0.05, 0) is 31.4 Å². The third-order valence-corrected chi connectivity index (χ3v) is 3.41. The van der Waals surface area contributed by atoms with Crippen LogP contribution >= 0.6 is 11.8 Å². The van der Waals surface area contributed by atoms with Gasteiger partial charge in [-0.15, -0.1) is 16.9 Å². The molecule has 1 amide bonds. The summed E-state index contributed by atoms with van der Waals surface area (Å²) in [4.78, 5) is 24.5. The average molecular weight is 320 g/mol. The smallest absolute Gasteiger partial charge is 0.360 e. The molecule has 8 heteroatoms. The normalized spacial score (nSPS) is 10.3. The first-order chi connectivity index (χ1) is 10.6. The Labute approximate surface area is 132 Å². The lowest BCUT2D eigenvalue weighted by Gasteiger charge is -2.06. The molecule has 2 aromatic rings. The van der Waals surface area contributed by atoms with E-state index < -0.39 is 5.97 Å². The second-order valence-corrected chi connectivity index (χ2v) is 5.18. The van der Waals surface area contributed by atoms with Crippen LogP contribution in [0.15, 0.2) is 35.4 Å². The van der Waals surface area contributed by atoms with Crippen molar-refractivity contribution < 1.29 is 14.3 Å². The Balaban J connectivity index is 1.95. The third-order valence-electron chi connectivity index (χ3n) is 2.68. The van der Waals surface area contributed by atoms with Gasteiger partial charge in [-0.1, -0.05) is 11.3 Å². The Kier molecular flexibility index (Phi) is 5.54. The summed E-state index contributed by atoms with van der Waals surface area (Å²) in [6, 6.07) is 7.52. The molecule has 7 nitrogen and oxygen atoms in total. The van der Waals surface area contributed by atoms with Gasteiger partial charge < -0.3 is 10.1 Å². The summed E-state index contributed by atoms with van der Waals surface area (Å²) < 4.78 is 6.10. The molecule has 1 aromatic heterocycles. The Hall–Kier alpha value is -2.35. The molecule has 0 aliphatic carbocycles. The molecule has 0 atom stereocenters. The quantitative estimate of drug-likeness (QED) is 0.645. The molecule has 1 aromatic carbocycles. The molecule has 0 saturated carbocycles. The number of nitrogens with zero attached hydrogens (tertiary/aromatic N) is 3. The van der Waals surface area contributed by atoms with Crippen LogP contribution in [0.4, 0.5) is 5.69 Å². The molecule has 0 saturated heterocycles. The molecule has 0 radical (unpaired) electrons. The summed E-state index contributed by atoms with van der Waals surface area (Å²) in [6.45, 7) is 1.94. The van der Waals surface area contributed by atoms with Gasteiger partial charge in [0.05, 0.1) is 12.8 Å². The van der Waals surface area contributed by atoms with Gasteiger partial charge in [0.2, 0.25) is 5.91 Å². The minimum Gasteiger partial charge on any atom is -0.461 e. The van der Waals surface area contributed by atoms with E-state index in [1.54, 1.807) is 18.7 Å². The van der Waals surface area contributed by atoms with E-state index in [2.05, 4.69) is 15.6 Å². The lowest BCUT2D eigenvalue weighted by Crippen LogP contribution is -2.19. The van der Waals surface area contributed by atoms with Gasteiger partial charge in [-0.3, -0.25) is 4.79 Å². The van der Waals surface area contributed by atoms with Gasteiger partial charge in [0, 0.05) is 10.6 Å². The maximum absolute atomic E-state index is 12.0. The van der Waals surface area contributed by atoms with Crippen LogP contribution in [0.2, 0.25) is 0 Å². The van der Waals surface area contributed by atoms with E-state index in [4.69, 9.17) is 4.74 Å². The van der Waals surface area contributed by atoms with Crippen molar-refractivity contribution in [1.29, 1.82) is 0 Å². The molecule has 0 aliphatic heterocycles. The number of ether oxygens (including phenoxy) is 1. The highest BCUT2D eigenvalue weighted by Crippen LogP contribution is 2.18. The molecular formula is C14H16N4O3S. The number of aromatic nitrogens is 3. The van der Waals surface area contributed by atoms with Gasteiger partial charge in [-0.25, -0.2) is 9.48 Å². The fourth-order valence-electron chi connectivity index (χ4n) is 1.72. The fraction of sp³-hybridized carbons (Fsp3) is 0.286. The van der Waals surface area contributed by atoms with Crippen LogP contribution < -0.4 is 5.32 Å². The van der Waals surface area contributed by atoms with Crippen molar-refractivity contribution in [3.63, 3.8) is 0 Å². The number of nitrogens with one attached hydrogen (secondary N) is 1. The van der Waals surface area contributed by atoms with E-state index in [0.29, 0.717) is 5.69 Å². The summed E-state index contributed by atoms with van der Waals surface area (Å²) in [6.07, 6.45) is 3.35. The lowest BCUT2D eigenvalue weighted by atomic mass is 10.3. The maximum atomic E-state index is 12.0. The zero-order valence-electron chi connectivity index (χ0n) is 12.3. The number of carbonyl (C=O) groups excluding carboxylic acids is 2. The highest BCUT2D eigenvalue weighted by atomic mass is 32.2. The van der Waals surface area contributed by atoms with Gasteiger partial charge >= 0.3 is 5.97 Å². The molecule has 2 rings (SSSR count). The van der Waals surface area contributed by atoms with Crippen molar-refractivity contribution in [2.45, 2.75) is 18.4 Å². The van der Waals surface area contributed by atoms with Crippen LogP contribution in [0.3, 0.4) is 0 Å². The Bertz CT molecular complexity index is 672. The SMILES string of the molecule is CCOC(=O)c1cn(CC(=O)Nc2cccc(SC)c2)nn1. The van der Waals surface area contributed by atoms with E-state index in [1.807, 2.05) is 30.5 Å². The second-order valence-electron chi connectivity index (χ2n) is 4.30. The van der Waals surface area contributed by atoms with Gasteiger partial charge in [0.15, 0.2) is 5.69 Å². The summed E-state index contributed by atoms with van der Waals surface area (Å²) in [5, 5.41) is 10.2. The molecular weight excluding hydrogens is 304 g/mol. The number of esters is 1. The van der Waals surface area contributed by atoms with Gasteiger partial charge in [0.25, 0.3) is 0 Å². The molecule has 1 N–H and O–H groups in total. The van der Waals surface area contributed by atoms with Crippen molar-refractivity contribution in [1.82, 2.24) is 15.0 Å². The molecule has 1 heterocycles. The maximum Gasteiger partial charge on any atom is 0.360 e. The minimum atomic E-state index is -0.554. The van der Waals surface area contributed by atoms with Gasteiger partial charge in [0.1, 0.15) is 6.54 Å². The number of benzene rings is 1. The standard InChI is InChI=1S/C14H16N4O3S/c1-3-21-14(20)12-8-18(17-16-12)9-13(19)15-10-5-4-6-11(7-10)22-2/h4-8H,3,9H2,1-2H3,(H,15,19). The summed E-state index contributed by atoms with van der Waals surface area (Å²) in [5.41, 5.74) is 0.793. The molecule has 0 unspecified atom stereocenters. The predicted molar refractivity (Wildman–Crippen MR) is 82.8 cm³/mol. The van der Waals surface area contributed by atoms with Crippen molar-refractivity contribution in [2.24, 2.45) is 0 Å². The third kappa shape index (κ3) is 4.32. The van der Waals surface area contributed by atoms with Crippen molar-refractivity contribution in [3.8, 4) is 0 Å². The summed E-state index contributed by atoms with van der Waals surface area (Å²) >= 11 is 1.59. The summed E-state index contributed by atoms with van der Waals surface area (Å²) in [7, 11) is 0. The van der Waals surface area contributed by atoms with Crippen molar-refractivity contribution in [2.75, 3.05) is 18.2 Å². The minimum absolute atomic E-state index is 0.0318. The first-order valence-electron chi connectivity index (χ1n) is 6.63. The number of hydrogen-bond acceptors (Lipinski definition) is 6. The zero-order valence-corrected chi connectivity index (χ0v) is 13.1. The largest absolute Gasteiger partial charge is 0.461 e. The predicted octanol–water partition coefficient (Wildman–Crippen LogP) is 1.82. The van der Waals surface area contributed by atoms with E-state index in [9.17, 15) is 9.59 Å². The number of thioether (sulfide) groups is 1. The van der Waals surface area contributed by atoms with E-state index in [1.165, 1.54) is 10.9 Å². The van der Waals surface area contributed by atoms with E-state index in [-0.39, 0.29) is 24.8 Å². The van der Waals surface area contributed by atoms with Crippen LogP contribution in [0.1, 0.15) is 17.4 Å². The van der Waals surface area contributed by atoms with Crippen LogP contribution in [-0.4, -0.2) is 39.7 Å². The monoisotopic (exact) mass is 320 g/mol. The molecule has 116 valence electrons. The fourth-order valence-corrected chi connectivity index (χ4v) is 2.18. The molecule has 0 spiro atoms. The van der Waals surface area contributed by atoms with E-state index in [0.717, 1.165) is 4.90 Å². The molecule has 0 aliphatic rings. The number of amides is 1. The van der Waals surface area contributed by atoms with Crippen molar-refractivity contribution in [3.05, 3.63) is 36.2 Å². The lowest BCUT2D eigenvalue weighted by molar-refractivity contribution is -0.116. The van der Waals surface area contributed by atoms with Gasteiger partial charge in [-0.2, -0.15) is 0 Å². The van der Waals surface area contributed by atoms with Crippen LogP contribution in [-0.2, 0) is 16.1 Å². The number of carbonyl (C=O) groups is 2. The number of rotatable bonds is 6. The zero-order chi connectivity index (χ0) is 15.9. The average Bonchev–Trinajstić information content (AvgIpc) is 2.96. The first-order valence-corrected chi connectivity index (χ1v) is 7.86. The Morgan fingerprint density at radius 3 is 2.95 bits per heavy atom. The van der Waals surface area contributed by atoms with Crippen molar-refractivity contribution >= 4 is 29.3 Å². The van der Waals surface area contributed by atoms with Crippen LogP contribution in [0, 0.1) is 0 Å². The summed E-state index contributed by atoms with van der Waals surface area (Å²) in [5.74, 6) is -0.805. The van der Waals surface area contributed by atoms with Crippen LogP contribution in [0.5, 0.6) is 0 Å². The molecule has 0 bridgehead atoms. The van der Waals surface area contributed by atoms with Crippen LogP contribution in [0.25, 0.3) is 0 Å². The highest BCUT2D eigenvalue weighted by molar-refractivity contribution is 7.98. The number of hydrogen-bond donors (Lipinski definition) is 1. The molecule has 0 fully saturated rings. The Morgan fingerprint density at radius 2 is 2.23 bits per heavy atom. The first kappa shape index (κ1) is 16.0.